The normalized spacial score (nSPS) is 19.1. The van der Waals surface area contributed by atoms with Gasteiger partial charge in [-0.2, -0.15) is 0 Å². The van der Waals surface area contributed by atoms with Crippen LogP contribution in [0.15, 0.2) is 0 Å². The van der Waals surface area contributed by atoms with Gasteiger partial charge in [-0.05, 0) is 20.8 Å². The van der Waals surface area contributed by atoms with E-state index in [2.05, 4.69) is 5.32 Å². The third-order valence-electron chi connectivity index (χ3n) is 1.92. The predicted octanol–water partition coefficient (Wildman–Crippen LogP) is 1.69. The van der Waals surface area contributed by atoms with E-state index in [-0.39, 0.29) is 17.7 Å². The van der Waals surface area contributed by atoms with Gasteiger partial charge in [0.25, 0.3) is 0 Å². The Morgan fingerprint density at radius 3 is 2.43 bits per heavy atom. The van der Waals surface area contributed by atoms with Gasteiger partial charge < -0.3 is 14.8 Å². The van der Waals surface area contributed by atoms with Crippen LogP contribution in [-0.2, 0) is 9.47 Å². The molecule has 0 unspecified atom stereocenters. The minimum Gasteiger partial charge on any atom is -0.446 e. The molecule has 0 bridgehead atoms. The fourth-order valence-corrected chi connectivity index (χ4v) is 1.28. The van der Waals surface area contributed by atoms with Crippen LogP contribution in [0.1, 0.15) is 33.6 Å². The molecule has 0 saturated carbocycles. The van der Waals surface area contributed by atoms with Gasteiger partial charge in [0.15, 0.2) is 0 Å². The summed E-state index contributed by atoms with van der Waals surface area (Å²) in [7, 11) is 0. The zero-order chi connectivity index (χ0) is 10.6. The molecule has 0 atom stereocenters. The van der Waals surface area contributed by atoms with Crippen molar-refractivity contribution in [3.8, 4) is 0 Å². The summed E-state index contributed by atoms with van der Waals surface area (Å²) < 4.78 is 10.4. The monoisotopic (exact) mass is 201 g/mol. The van der Waals surface area contributed by atoms with Gasteiger partial charge in [-0.25, -0.2) is 4.79 Å². The zero-order valence-corrected chi connectivity index (χ0v) is 9.13. The number of carbonyl (C=O) groups excluding carboxylic acids is 1. The summed E-state index contributed by atoms with van der Waals surface area (Å²) in [6, 6.07) is 0. The molecular formula is C10H19NO3. The van der Waals surface area contributed by atoms with Gasteiger partial charge >= 0.3 is 6.09 Å². The Labute approximate surface area is 85.0 Å². The molecule has 0 aromatic heterocycles. The second kappa shape index (κ2) is 4.64. The fourth-order valence-electron chi connectivity index (χ4n) is 1.28. The highest BCUT2D eigenvalue weighted by atomic mass is 16.6. The second-order valence-corrected chi connectivity index (χ2v) is 4.59. The zero-order valence-electron chi connectivity index (χ0n) is 9.13. The lowest BCUT2D eigenvalue weighted by Crippen LogP contribution is -2.43. The summed E-state index contributed by atoms with van der Waals surface area (Å²) in [4.78, 5) is 11.4. The third-order valence-corrected chi connectivity index (χ3v) is 1.92. The number of nitrogens with one attached hydrogen (secondary N) is 1. The Kier molecular flexibility index (Phi) is 3.75. The number of ether oxygens (including phenoxy) is 2. The number of carbonyl (C=O) groups is 1. The van der Waals surface area contributed by atoms with E-state index in [0.717, 1.165) is 12.8 Å². The van der Waals surface area contributed by atoms with Crippen molar-refractivity contribution < 1.29 is 14.3 Å². The molecule has 0 aromatic rings. The molecule has 82 valence electrons. The van der Waals surface area contributed by atoms with Crippen LogP contribution in [0.2, 0.25) is 0 Å². The van der Waals surface area contributed by atoms with Crippen molar-refractivity contribution in [1.29, 1.82) is 0 Å². The van der Waals surface area contributed by atoms with Crippen molar-refractivity contribution in [2.24, 2.45) is 0 Å². The lowest BCUT2D eigenvalue weighted by Gasteiger charge is -2.25. The first-order valence-corrected chi connectivity index (χ1v) is 5.04. The van der Waals surface area contributed by atoms with Crippen LogP contribution in [-0.4, -0.2) is 30.9 Å². The highest BCUT2D eigenvalue weighted by molar-refractivity contribution is 5.68. The lowest BCUT2D eigenvalue weighted by molar-refractivity contribution is -0.0000413. The number of hydrogen-bond donors (Lipinski definition) is 1. The van der Waals surface area contributed by atoms with Crippen molar-refractivity contribution >= 4 is 6.09 Å². The molecule has 1 aliphatic heterocycles. The predicted molar refractivity (Wildman–Crippen MR) is 53.2 cm³/mol. The SMILES string of the molecule is CC(C)(C)NC(=O)OC1CCOCC1. The van der Waals surface area contributed by atoms with E-state index in [4.69, 9.17) is 9.47 Å². The Balaban J connectivity index is 2.25. The average Bonchev–Trinajstić information content (AvgIpc) is 2.02. The number of rotatable bonds is 1. The smallest absolute Gasteiger partial charge is 0.407 e. The summed E-state index contributed by atoms with van der Waals surface area (Å²) in [6.45, 7) is 7.16. The molecule has 1 saturated heterocycles. The highest BCUT2D eigenvalue weighted by Crippen LogP contribution is 2.11. The van der Waals surface area contributed by atoms with Crippen LogP contribution in [0.4, 0.5) is 4.79 Å². The second-order valence-electron chi connectivity index (χ2n) is 4.59. The summed E-state index contributed by atoms with van der Waals surface area (Å²) in [5.41, 5.74) is -0.234. The summed E-state index contributed by atoms with van der Waals surface area (Å²) in [6.07, 6.45) is 1.30. The van der Waals surface area contributed by atoms with Gasteiger partial charge in [-0.15, -0.1) is 0 Å². The largest absolute Gasteiger partial charge is 0.446 e. The summed E-state index contributed by atoms with van der Waals surface area (Å²) in [5.74, 6) is 0. The Hall–Kier alpha value is -0.770. The van der Waals surface area contributed by atoms with Crippen LogP contribution >= 0.6 is 0 Å². The molecule has 0 radical (unpaired) electrons. The molecule has 0 aromatic carbocycles. The third kappa shape index (κ3) is 4.46. The van der Waals surface area contributed by atoms with Gasteiger partial charge in [-0.1, -0.05) is 0 Å². The topological polar surface area (TPSA) is 47.6 Å². The molecule has 4 nitrogen and oxygen atoms in total. The van der Waals surface area contributed by atoms with Crippen LogP contribution in [0.25, 0.3) is 0 Å². The van der Waals surface area contributed by atoms with E-state index < -0.39 is 0 Å². The molecule has 1 rings (SSSR count). The number of amides is 1. The van der Waals surface area contributed by atoms with Gasteiger partial charge in [0, 0.05) is 18.4 Å². The molecule has 1 aliphatic rings. The first-order chi connectivity index (χ1) is 6.47. The van der Waals surface area contributed by atoms with Crippen LogP contribution < -0.4 is 5.32 Å². The Morgan fingerprint density at radius 1 is 1.36 bits per heavy atom. The van der Waals surface area contributed by atoms with Crippen LogP contribution in [0, 0.1) is 0 Å². The number of hydrogen-bond acceptors (Lipinski definition) is 3. The molecule has 1 amide bonds. The fraction of sp³-hybridized carbons (Fsp3) is 0.900. The first-order valence-electron chi connectivity index (χ1n) is 5.04. The van der Waals surface area contributed by atoms with Crippen molar-refractivity contribution in [3.05, 3.63) is 0 Å². The van der Waals surface area contributed by atoms with E-state index >= 15 is 0 Å². The molecule has 0 aliphatic carbocycles. The lowest BCUT2D eigenvalue weighted by atomic mass is 10.1. The van der Waals surface area contributed by atoms with E-state index in [0.29, 0.717) is 13.2 Å². The standard InChI is InChI=1S/C10H19NO3/c1-10(2,3)11-9(12)14-8-4-6-13-7-5-8/h8H,4-7H2,1-3H3,(H,11,12). The summed E-state index contributed by atoms with van der Waals surface area (Å²) in [5, 5.41) is 2.76. The van der Waals surface area contributed by atoms with Crippen LogP contribution in [0.3, 0.4) is 0 Å². The molecule has 1 N–H and O–H groups in total. The van der Waals surface area contributed by atoms with E-state index in [9.17, 15) is 4.79 Å². The maximum Gasteiger partial charge on any atom is 0.407 e. The van der Waals surface area contributed by atoms with E-state index in [1.54, 1.807) is 0 Å². The maximum absolute atomic E-state index is 11.4. The van der Waals surface area contributed by atoms with Crippen molar-refractivity contribution in [3.63, 3.8) is 0 Å². The molecule has 1 fully saturated rings. The van der Waals surface area contributed by atoms with Gasteiger partial charge in [0.05, 0.1) is 13.2 Å². The molecular weight excluding hydrogens is 182 g/mol. The van der Waals surface area contributed by atoms with Crippen LogP contribution in [0.5, 0.6) is 0 Å². The minimum atomic E-state index is -0.329. The van der Waals surface area contributed by atoms with Crippen molar-refractivity contribution in [2.45, 2.75) is 45.3 Å². The van der Waals surface area contributed by atoms with Gasteiger partial charge in [0.1, 0.15) is 6.10 Å². The van der Waals surface area contributed by atoms with E-state index in [1.165, 1.54) is 0 Å². The highest BCUT2D eigenvalue weighted by Gasteiger charge is 2.20. The maximum atomic E-state index is 11.4. The number of alkyl carbamates (subject to hydrolysis) is 1. The molecule has 1 heterocycles. The Bertz CT molecular complexity index is 192. The van der Waals surface area contributed by atoms with E-state index in [1.807, 2.05) is 20.8 Å². The molecule has 4 heteroatoms. The first kappa shape index (κ1) is 11.3. The molecule has 0 spiro atoms. The van der Waals surface area contributed by atoms with Crippen molar-refractivity contribution in [1.82, 2.24) is 5.32 Å². The molecule has 14 heavy (non-hydrogen) atoms. The quantitative estimate of drug-likeness (QED) is 0.702. The van der Waals surface area contributed by atoms with Gasteiger partial charge in [0.2, 0.25) is 0 Å². The Morgan fingerprint density at radius 2 is 1.93 bits per heavy atom. The van der Waals surface area contributed by atoms with Crippen molar-refractivity contribution in [2.75, 3.05) is 13.2 Å². The minimum absolute atomic E-state index is 0.0195. The average molecular weight is 201 g/mol. The summed E-state index contributed by atoms with van der Waals surface area (Å²) >= 11 is 0. The van der Waals surface area contributed by atoms with Gasteiger partial charge in [-0.3, -0.25) is 0 Å².